The van der Waals surface area contributed by atoms with Crippen LogP contribution in [0.3, 0.4) is 0 Å². The van der Waals surface area contributed by atoms with Gasteiger partial charge in [0.05, 0.1) is 44.2 Å². The molecule has 0 bridgehead atoms. The summed E-state index contributed by atoms with van der Waals surface area (Å²) in [7, 11) is 0. The number of hydrogen-bond donors (Lipinski definition) is 1. The SMILES string of the molecule is [O-][N+]1(C2=Nc3ccccc3Sc3ccccc32)CCN(CCOCCO)CC1. The number of aliphatic hydroxyl groups is 1. The van der Waals surface area contributed by atoms with E-state index in [0.29, 0.717) is 45.2 Å². The molecule has 1 N–H and O–H groups in total. The molecule has 148 valence electrons. The lowest BCUT2D eigenvalue weighted by Gasteiger charge is -2.47. The highest BCUT2D eigenvalue weighted by Crippen LogP contribution is 2.41. The van der Waals surface area contributed by atoms with E-state index in [1.165, 1.54) is 0 Å². The number of hydroxylamine groups is 3. The number of aliphatic hydroxyl groups excluding tert-OH is 1. The topological polar surface area (TPSA) is 68.1 Å². The van der Waals surface area contributed by atoms with Crippen molar-refractivity contribution in [3.63, 3.8) is 0 Å². The maximum Gasteiger partial charge on any atom is 0.236 e. The van der Waals surface area contributed by atoms with Crippen LogP contribution in [-0.2, 0) is 4.74 Å². The van der Waals surface area contributed by atoms with Crippen molar-refractivity contribution in [3.8, 4) is 0 Å². The average molecular weight is 400 g/mol. The van der Waals surface area contributed by atoms with Crippen molar-refractivity contribution in [1.29, 1.82) is 0 Å². The Morgan fingerprint density at radius 1 is 1.04 bits per heavy atom. The van der Waals surface area contributed by atoms with Crippen molar-refractivity contribution in [2.75, 3.05) is 52.5 Å². The molecule has 7 heteroatoms. The van der Waals surface area contributed by atoms with Gasteiger partial charge in [-0.15, -0.1) is 0 Å². The molecule has 0 atom stereocenters. The van der Waals surface area contributed by atoms with E-state index < -0.39 is 4.65 Å². The predicted octanol–water partition coefficient (Wildman–Crippen LogP) is 2.87. The second-order valence-electron chi connectivity index (χ2n) is 7.02. The quantitative estimate of drug-likeness (QED) is 0.476. The van der Waals surface area contributed by atoms with E-state index in [-0.39, 0.29) is 6.61 Å². The Bertz CT molecular complexity index is 850. The van der Waals surface area contributed by atoms with E-state index in [9.17, 15) is 5.21 Å². The predicted molar refractivity (Wildman–Crippen MR) is 111 cm³/mol. The lowest BCUT2D eigenvalue weighted by molar-refractivity contribution is -0.795. The van der Waals surface area contributed by atoms with E-state index >= 15 is 0 Å². The van der Waals surface area contributed by atoms with Crippen LogP contribution in [0.5, 0.6) is 0 Å². The van der Waals surface area contributed by atoms with Crippen LogP contribution in [-0.4, -0.2) is 73.0 Å². The lowest BCUT2D eigenvalue weighted by Crippen LogP contribution is -2.59. The number of ether oxygens (including phenoxy) is 1. The molecule has 2 aliphatic heterocycles. The standard InChI is InChI=1S/C21H25N3O3S/c25-14-16-27-15-11-23-9-12-24(26,13-10-23)21-17-5-1-3-7-19(17)28-20-8-4-2-6-18(20)22-21/h1-8,25H,9-16H2. The molecule has 0 radical (unpaired) electrons. The Kier molecular flexibility index (Phi) is 6.10. The van der Waals surface area contributed by atoms with Crippen LogP contribution in [0.2, 0.25) is 0 Å². The highest BCUT2D eigenvalue weighted by Gasteiger charge is 2.34. The van der Waals surface area contributed by atoms with Crippen LogP contribution in [0.15, 0.2) is 63.3 Å². The van der Waals surface area contributed by atoms with Gasteiger partial charge in [0.25, 0.3) is 0 Å². The molecular weight excluding hydrogens is 374 g/mol. The van der Waals surface area contributed by atoms with E-state index in [2.05, 4.69) is 17.0 Å². The zero-order valence-corrected chi connectivity index (χ0v) is 16.6. The van der Waals surface area contributed by atoms with Crippen molar-refractivity contribution in [1.82, 2.24) is 4.90 Å². The third kappa shape index (κ3) is 4.15. The summed E-state index contributed by atoms with van der Waals surface area (Å²) in [5.74, 6) is 0.615. The number of rotatable bonds is 5. The molecule has 0 aromatic heterocycles. The average Bonchev–Trinajstić information content (AvgIpc) is 2.90. The number of quaternary nitrogens is 1. The normalized spacial score (nSPS) is 18.7. The van der Waals surface area contributed by atoms with E-state index in [1.54, 1.807) is 11.8 Å². The van der Waals surface area contributed by atoms with Gasteiger partial charge in [0.15, 0.2) is 0 Å². The summed E-state index contributed by atoms with van der Waals surface area (Å²) in [5, 5.41) is 22.6. The van der Waals surface area contributed by atoms with Crippen molar-refractivity contribution in [2.24, 2.45) is 4.99 Å². The molecule has 1 fully saturated rings. The van der Waals surface area contributed by atoms with Gasteiger partial charge in [0, 0.05) is 29.4 Å². The number of para-hydroxylation sites is 1. The summed E-state index contributed by atoms with van der Waals surface area (Å²) in [6, 6.07) is 16.1. The molecule has 2 aromatic carbocycles. The van der Waals surface area contributed by atoms with Crippen molar-refractivity contribution < 1.29 is 14.5 Å². The largest absolute Gasteiger partial charge is 0.626 e. The monoisotopic (exact) mass is 399 g/mol. The van der Waals surface area contributed by atoms with Crippen molar-refractivity contribution >= 4 is 23.3 Å². The van der Waals surface area contributed by atoms with Crippen molar-refractivity contribution in [2.45, 2.75) is 9.79 Å². The number of piperazine rings is 1. The Balaban J connectivity index is 1.57. The molecule has 6 nitrogen and oxygen atoms in total. The van der Waals surface area contributed by atoms with Gasteiger partial charge in [-0.2, -0.15) is 4.99 Å². The zero-order chi connectivity index (χ0) is 19.4. The minimum Gasteiger partial charge on any atom is -0.626 e. The Morgan fingerprint density at radius 3 is 2.54 bits per heavy atom. The van der Waals surface area contributed by atoms with Gasteiger partial charge >= 0.3 is 0 Å². The highest BCUT2D eigenvalue weighted by molar-refractivity contribution is 7.99. The van der Waals surface area contributed by atoms with Crippen LogP contribution < -0.4 is 0 Å². The summed E-state index contributed by atoms with van der Waals surface area (Å²) < 4.78 is 4.95. The van der Waals surface area contributed by atoms with Crippen LogP contribution in [0, 0.1) is 5.21 Å². The van der Waals surface area contributed by atoms with Gasteiger partial charge in [-0.1, -0.05) is 36.0 Å². The molecule has 2 heterocycles. The van der Waals surface area contributed by atoms with Gasteiger partial charge in [-0.05, 0) is 24.3 Å². The molecule has 4 rings (SSSR count). The van der Waals surface area contributed by atoms with Gasteiger partial charge < -0.3 is 19.7 Å². The summed E-state index contributed by atoms with van der Waals surface area (Å²) >= 11 is 1.68. The van der Waals surface area contributed by atoms with Gasteiger partial charge in [-0.25, -0.2) is 0 Å². The zero-order valence-electron chi connectivity index (χ0n) is 15.8. The fourth-order valence-electron chi connectivity index (χ4n) is 3.60. The highest BCUT2D eigenvalue weighted by atomic mass is 32.2. The Hall–Kier alpha value is -1.74. The summed E-state index contributed by atoms with van der Waals surface area (Å²) in [6.07, 6.45) is 0. The second-order valence-corrected chi connectivity index (χ2v) is 8.10. The number of aliphatic imine (C=N–C) groups is 1. The molecule has 2 aromatic rings. The van der Waals surface area contributed by atoms with Crippen LogP contribution in [0.25, 0.3) is 0 Å². The Morgan fingerprint density at radius 2 is 1.75 bits per heavy atom. The van der Waals surface area contributed by atoms with E-state index in [0.717, 1.165) is 27.6 Å². The number of nitrogens with zero attached hydrogens (tertiary/aromatic N) is 3. The maximum atomic E-state index is 13.8. The maximum absolute atomic E-state index is 13.8. The van der Waals surface area contributed by atoms with Gasteiger partial charge in [0.1, 0.15) is 0 Å². The molecular formula is C21H25N3O3S. The number of amidine groups is 1. The Labute approximate surface area is 169 Å². The van der Waals surface area contributed by atoms with Crippen LogP contribution >= 0.6 is 11.8 Å². The van der Waals surface area contributed by atoms with E-state index in [1.807, 2.05) is 36.4 Å². The minimum atomic E-state index is -0.403. The third-order valence-corrected chi connectivity index (χ3v) is 6.31. The molecule has 0 spiro atoms. The first-order valence-corrected chi connectivity index (χ1v) is 10.5. The fraction of sp³-hybridized carbons (Fsp3) is 0.381. The van der Waals surface area contributed by atoms with E-state index in [4.69, 9.17) is 14.8 Å². The first-order chi connectivity index (χ1) is 13.7. The fourth-order valence-corrected chi connectivity index (χ4v) is 4.62. The first kappa shape index (κ1) is 19.6. The summed E-state index contributed by atoms with van der Waals surface area (Å²) in [6.45, 7) is 4.12. The molecule has 0 saturated carbocycles. The molecule has 1 saturated heterocycles. The molecule has 0 unspecified atom stereocenters. The summed E-state index contributed by atoms with van der Waals surface area (Å²) in [5.41, 5.74) is 1.81. The van der Waals surface area contributed by atoms with Gasteiger partial charge in [0.2, 0.25) is 5.84 Å². The van der Waals surface area contributed by atoms with Crippen LogP contribution in [0.1, 0.15) is 5.56 Å². The van der Waals surface area contributed by atoms with Gasteiger partial charge in [-0.3, -0.25) is 4.90 Å². The smallest absolute Gasteiger partial charge is 0.236 e. The number of benzene rings is 2. The third-order valence-electron chi connectivity index (χ3n) is 5.17. The molecule has 0 aliphatic carbocycles. The van der Waals surface area contributed by atoms with Crippen LogP contribution in [0.4, 0.5) is 5.69 Å². The number of fused-ring (bicyclic) bond motifs is 2. The van der Waals surface area contributed by atoms with Crippen molar-refractivity contribution in [3.05, 3.63) is 59.3 Å². The molecule has 0 amide bonds. The minimum absolute atomic E-state index is 0.0410. The number of hydrogen-bond acceptors (Lipinski definition) is 6. The molecule has 2 aliphatic rings. The lowest BCUT2D eigenvalue weighted by atomic mass is 10.1. The first-order valence-electron chi connectivity index (χ1n) is 9.64. The summed E-state index contributed by atoms with van der Waals surface area (Å²) in [4.78, 5) is 9.28. The second kappa shape index (κ2) is 8.73. The molecule has 28 heavy (non-hydrogen) atoms.